The van der Waals surface area contributed by atoms with Crippen molar-refractivity contribution in [1.82, 2.24) is 10.2 Å². The summed E-state index contributed by atoms with van der Waals surface area (Å²) in [5, 5.41) is 6.26. The molecule has 102 valence electrons. The van der Waals surface area contributed by atoms with Crippen LogP contribution < -0.4 is 10.2 Å². The lowest BCUT2D eigenvalue weighted by molar-refractivity contribution is 0.184. The summed E-state index contributed by atoms with van der Waals surface area (Å²) in [5.74, 6) is 0.851. The number of hydrogen-bond acceptors (Lipinski definition) is 5. The molecule has 0 atom stereocenters. The summed E-state index contributed by atoms with van der Waals surface area (Å²) in [6, 6.07) is 7.55. The van der Waals surface area contributed by atoms with Crippen LogP contribution in [0.5, 0.6) is 0 Å². The van der Waals surface area contributed by atoms with Crippen molar-refractivity contribution in [3.63, 3.8) is 0 Å². The second kappa shape index (κ2) is 5.67. The first kappa shape index (κ1) is 12.6. The first-order valence-electron chi connectivity index (χ1n) is 6.96. The maximum atomic E-state index is 10.4. The number of piperazine rings is 1. The van der Waals surface area contributed by atoms with Gasteiger partial charge in [0.1, 0.15) is 5.69 Å². The molecule has 0 radical (unpaired) electrons. The van der Waals surface area contributed by atoms with Crippen LogP contribution in [-0.4, -0.2) is 50.7 Å². The highest BCUT2D eigenvalue weighted by atomic mass is 16.3. The van der Waals surface area contributed by atoms with Crippen LogP contribution in [0.1, 0.15) is 0 Å². The fourth-order valence-electron chi connectivity index (χ4n) is 2.76. The fourth-order valence-corrected chi connectivity index (χ4v) is 2.76. The highest BCUT2D eigenvalue weighted by Gasteiger charge is 2.23. The first-order chi connectivity index (χ1) is 9.35. The summed E-state index contributed by atoms with van der Waals surface area (Å²) in [6.45, 7) is 7.98. The van der Waals surface area contributed by atoms with Crippen LogP contribution in [-0.2, 0) is 0 Å². The summed E-state index contributed by atoms with van der Waals surface area (Å²) >= 11 is 0. The number of rotatable bonds is 4. The SMILES string of the molecule is O=Nc1ccc(N2CCN(CC3CNC3)CC2)cc1. The summed E-state index contributed by atoms with van der Waals surface area (Å²) < 4.78 is 0. The number of hydrogen-bond donors (Lipinski definition) is 1. The van der Waals surface area contributed by atoms with Crippen molar-refractivity contribution < 1.29 is 0 Å². The van der Waals surface area contributed by atoms with Gasteiger partial charge in [-0.1, -0.05) is 0 Å². The molecule has 2 aliphatic heterocycles. The first-order valence-corrected chi connectivity index (χ1v) is 6.96. The minimum absolute atomic E-state index is 0.500. The second-order valence-electron chi connectivity index (χ2n) is 5.42. The molecular weight excluding hydrogens is 240 g/mol. The lowest BCUT2D eigenvalue weighted by Gasteiger charge is -2.39. The molecule has 1 aromatic carbocycles. The largest absolute Gasteiger partial charge is 0.369 e. The summed E-state index contributed by atoms with van der Waals surface area (Å²) in [4.78, 5) is 15.3. The van der Waals surface area contributed by atoms with Gasteiger partial charge in [-0.25, -0.2) is 0 Å². The molecule has 2 fully saturated rings. The third kappa shape index (κ3) is 2.93. The average Bonchev–Trinajstić information content (AvgIpc) is 2.44. The predicted molar refractivity (Wildman–Crippen MR) is 76.9 cm³/mol. The monoisotopic (exact) mass is 260 g/mol. The molecule has 3 rings (SSSR count). The molecule has 0 saturated carbocycles. The third-order valence-electron chi connectivity index (χ3n) is 4.07. The van der Waals surface area contributed by atoms with Gasteiger partial charge in [0.15, 0.2) is 0 Å². The summed E-state index contributed by atoms with van der Waals surface area (Å²) in [7, 11) is 0. The van der Waals surface area contributed by atoms with Crippen molar-refractivity contribution >= 4 is 11.4 Å². The molecule has 5 heteroatoms. The minimum Gasteiger partial charge on any atom is -0.369 e. The molecule has 1 aromatic rings. The van der Waals surface area contributed by atoms with E-state index in [-0.39, 0.29) is 0 Å². The van der Waals surface area contributed by atoms with Crippen molar-refractivity contribution in [1.29, 1.82) is 0 Å². The van der Waals surface area contributed by atoms with Gasteiger partial charge in [-0.2, -0.15) is 0 Å². The Labute approximate surface area is 113 Å². The van der Waals surface area contributed by atoms with E-state index in [1.807, 2.05) is 12.1 Å². The van der Waals surface area contributed by atoms with Crippen molar-refractivity contribution in [3.05, 3.63) is 29.2 Å². The van der Waals surface area contributed by atoms with Crippen LogP contribution in [0.4, 0.5) is 11.4 Å². The van der Waals surface area contributed by atoms with E-state index in [4.69, 9.17) is 0 Å². The number of nitrogens with one attached hydrogen (secondary N) is 1. The van der Waals surface area contributed by atoms with E-state index in [2.05, 4.69) is 20.3 Å². The number of anilines is 1. The fraction of sp³-hybridized carbons (Fsp3) is 0.571. The standard InChI is InChI=1S/C14H20N4O/c19-16-13-1-3-14(4-2-13)18-7-5-17(6-8-18)11-12-9-15-10-12/h1-4,12,15H,5-11H2. The van der Waals surface area contributed by atoms with Crippen LogP contribution in [0.25, 0.3) is 0 Å². The van der Waals surface area contributed by atoms with Crippen molar-refractivity contribution in [2.45, 2.75) is 0 Å². The van der Waals surface area contributed by atoms with E-state index < -0.39 is 0 Å². The molecule has 0 amide bonds. The highest BCUT2D eigenvalue weighted by Crippen LogP contribution is 2.21. The third-order valence-corrected chi connectivity index (χ3v) is 4.07. The van der Waals surface area contributed by atoms with Gasteiger partial charge in [0.25, 0.3) is 0 Å². The molecule has 19 heavy (non-hydrogen) atoms. The molecule has 0 unspecified atom stereocenters. The highest BCUT2D eigenvalue weighted by molar-refractivity contribution is 5.53. The maximum Gasteiger partial charge on any atom is 0.108 e. The van der Waals surface area contributed by atoms with Crippen molar-refractivity contribution in [2.75, 3.05) is 50.7 Å². The molecule has 1 N–H and O–H groups in total. The van der Waals surface area contributed by atoms with E-state index in [9.17, 15) is 4.91 Å². The molecule has 2 saturated heterocycles. The molecule has 0 spiro atoms. The second-order valence-corrected chi connectivity index (χ2v) is 5.42. The summed E-state index contributed by atoms with van der Waals surface area (Å²) in [6.07, 6.45) is 0. The van der Waals surface area contributed by atoms with Gasteiger partial charge in [0.2, 0.25) is 0 Å². The van der Waals surface area contributed by atoms with Crippen LogP contribution >= 0.6 is 0 Å². The Morgan fingerprint density at radius 1 is 1.11 bits per heavy atom. The Morgan fingerprint density at radius 3 is 2.32 bits per heavy atom. The van der Waals surface area contributed by atoms with E-state index in [1.54, 1.807) is 12.1 Å². The molecule has 0 aliphatic carbocycles. The topological polar surface area (TPSA) is 47.9 Å². The number of benzene rings is 1. The summed E-state index contributed by atoms with van der Waals surface area (Å²) in [5.41, 5.74) is 1.69. The number of nitroso groups, excluding NO2 is 1. The van der Waals surface area contributed by atoms with Crippen LogP contribution in [0.2, 0.25) is 0 Å². The molecule has 0 aromatic heterocycles. The van der Waals surface area contributed by atoms with Gasteiger partial charge < -0.3 is 10.2 Å². The maximum absolute atomic E-state index is 10.4. The van der Waals surface area contributed by atoms with Gasteiger partial charge in [-0.05, 0) is 35.4 Å². The van der Waals surface area contributed by atoms with Gasteiger partial charge in [0, 0.05) is 51.5 Å². The molecule has 2 heterocycles. The lowest BCUT2D eigenvalue weighted by atomic mass is 10.0. The Kier molecular flexibility index (Phi) is 3.75. The number of nitrogens with zero attached hydrogens (tertiary/aromatic N) is 3. The lowest BCUT2D eigenvalue weighted by Crippen LogP contribution is -2.53. The molecule has 2 aliphatic rings. The predicted octanol–water partition coefficient (Wildman–Crippen LogP) is 1.43. The van der Waals surface area contributed by atoms with Gasteiger partial charge in [-0.3, -0.25) is 4.90 Å². The van der Waals surface area contributed by atoms with E-state index in [0.717, 1.165) is 32.1 Å². The Balaban J connectivity index is 1.52. The zero-order valence-corrected chi connectivity index (χ0v) is 11.1. The Hall–Kier alpha value is -1.46. The zero-order valence-electron chi connectivity index (χ0n) is 11.1. The van der Waals surface area contributed by atoms with Crippen LogP contribution in [0.3, 0.4) is 0 Å². The van der Waals surface area contributed by atoms with Gasteiger partial charge in [-0.15, -0.1) is 4.91 Å². The van der Waals surface area contributed by atoms with Gasteiger partial charge in [0.05, 0.1) is 0 Å². The minimum atomic E-state index is 0.500. The Morgan fingerprint density at radius 2 is 1.79 bits per heavy atom. The smallest absolute Gasteiger partial charge is 0.108 e. The normalized spacial score (nSPS) is 21.2. The van der Waals surface area contributed by atoms with Crippen LogP contribution in [0.15, 0.2) is 29.4 Å². The molecule has 5 nitrogen and oxygen atoms in total. The zero-order chi connectivity index (χ0) is 13.1. The van der Waals surface area contributed by atoms with E-state index in [0.29, 0.717) is 5.69 Å². The van der Waals surface area contributed by atoms with Crippen molar-refractivity contribution in [3.8, 4) is 0 Å². The van der Waals surface area contributed by atoms with Crippen LogP contribution in [0, 0.1) is 10.8 Å². The van der Waals surface area contributed by atoms with E-state index >= 15 is 0 Å². The Bertz CT molecular complexity index is 422. The van der Waals surface area contributed by atoms with E-state index in [1.165, 1.54) is 25.3 Å². The quantitative estimate of drug-likeness (QED) is 0.832. The average molecular weight is 260 g/mol. The molecular formula is C14H20N4O. The molecule has 0 bridgehead atoms. The van der Waals surface area contributed by atoms with Gasteiger partial charge >= 0.3 is 0 Å². The van der Waals surface area contributed by atoms with Crippen molar-refractivity contribution in [2.24, 2.45) is 11.1 Å².